The summed E-state index contributed by atoms with van der Waals surface area (Å²) < 4.78 is 7.65. The van der Waals surface area contributed by atoms with E-state index in [9.17, 15) is 0 Å². The Morgan fingerprint density at radius 1 is 0.625 bits per heavy atom. The van der Waals surface area contributed by atoms with Gasteiger partial charge in [0.2, 0.25) is 0 Å². The molecule has 24 heavy (non-hydrogen) atoms. The highest BCUT2D eigenvalue weighted by Crippen LogP contribution is 2.61. The summed E-state index contributed by atoms with van der Waals surface area (Å²) in [7, 11) is 0. The maximum absolute atomic E-state index is 2.36. The Hall–Kier alpha value is -0.300. The second-order valence-electron chi connectivity index (χ2n) is 6.14. The van der Waals surface area contributed by atoms with Crippen molar-refractivity contribution in [3.05, 3.63) is 33.3 Å². The molecule has 0 atom stereocenters. The van der Waals surface area contributed by atoms with E-state index in [-0.39, 0.29) is 0 Å². The highest BCUT2D eigenvalue weighted by molar-refractivity contribution is 8.30. The first-order chi connectivity index (χ1) is 11.8. The lowest BCUT2D eigenvalue weighted by Gasteiger charge is -2.04. The van der Waals surface area contributed by atoms with Gasteiger partial charge in [0, 0.05) is 57.5 Å². The molecule has 0 aliphatic carbocycles. The van der Waals surface area contributed by atoms with Crippen LogP contribution in [-0.4, -0.2) is 9.13 Å². The molecule has 2 aliphatic heterocycles. The van der Waals surface area contributed by atoms with Crippen LogP contribution in [0.3, 0.4) is 0 Å². The van der Waals surface area contributed by atoms with Crippen molar-refractivity contribution < 1.29 is 0 Å². The number of aromatic nitrogens is 2. The summed E-state index contributed by atoms with van der Waals surface area (Å²) in [6.07, 6.45) is 14.3. The fourth-order valence-corrected chi connectivity index (χ4v) is 8.19. The lowest BCUT2D eigenvalue weighted by atomic mass is 10.3. The molecular weight excluding hydrogens is 372 g/mol. The fourth-order valence-electron chi connectivity index (χ4n) is 2.79. The van der Waals surface area contributed by atoms with Gasteiger partial charge >= 0.3 is 0 Å². The lowest BCUT2D eigenvalue weighted by molar-refractivity contribution is 0.631. The van der Waals surface area contributed by atoms with Gasteiger partial charge < -0.3 is 9.13 Å². The Kier molecular flexibility index (Phi) is 5.37. The van der Waals surface area contributed by atoms with Crippen LogP contribution in [0.2, 0.25) is 0 Å². The highest BCUT2D eigenvalue weighted by Gasteiger charge is 2.28. The predicted molar refractivity (Wildman–Crippen MR) is 109 cm³/mol. The predicted octanol–water partition coefficient (Wildman–Crippen LogP) is 7.11. The zero-order valence-corrected chi connectivity index (χ0v) is 17.3. The monoisotopic (exact) mass is 394 g/mol. The molecule has 6 heteroatoms. The van der Waals surface area contributed by atoms with Crippen molar-refractivity contribution in [2.45, 2.75) is 72.2 Å². The van der Waals surface area contributed by atoms with Crippen LogP contribution in [0.4, 0.5) is 0 Å². The molecule has 4 heterocycles. The van der Waals surface area contributed by atoms with Gasteiger partial charge in [-0.2, -0.15) is 0 Å². The van der Waals surface area contributed by atoms with Crippen molar-refractivity contribution in [3.8, 4) is 0 Å². The second kappa shape index (κ2) is 7.52. The molecule has 4 rings (SSSR count). The average molecular weight is 395 g/mol. The van der Waals surface area contributed by atoms with Gasteiger partial charge in [0.15, 0.2) is 0 Å². The Balaban J connectivity index is 1.43. The SMILES string of the molecule is CCCCn1cc2c(c1)SC(=C1Sc3cn(CCCC)cc3S1)S2. The van der Waals surface area contributed by atoms with Gasteiger partial charge in [0.25, 0.3) is 0 Å². The summed E-state index contributed by atoms with van der Waals surface area (Å²) in [5.41, 5.74) is 0. The van der Waals surface area contributed by atoms with Gasteiger partial charge in [0.05, 0.1) is 8.47 Å². The van der Waals surface area contributed by atoms with E-state index in [1.165, 1.54) is 53.7 Å². The lowest BCUT2D eigenvalue weighted by Crippen LogP contribution is -1.93. The van der Waals surface area contributed by atoms with Gasteiger partial charge in [-0.15, -0.1) is 0 Å². The van der Waals surface area contributed by atoms with Crippen LogP contribution >= 0.6 is 47.0 Å². The summed E-state index contributed by atoms with van der Waals surface area (Å²) in [5, 5.41) is 0. The van der Waals surface area contributed by atoms with Crippen LogP contribution in [-0.2, 0) is 13.1 Å². The summed E-state index contributed by atoms with van der Waals surface area (Å²) in [6, 6.07) is 0. The molecule has 0 spiro atoms. The van der Waals surface area contributed by atoms with Crippen molar-refractivity contribution in [2.75, 3.05) is 0 Å². The third kappa shape index (κ3) is 3.48. The molecule has 0 amide bonds. The van der Waals surface area contributed by atoms with Gasteiger partial charge in [-0.3, -0.25) is 0 Å². The van der Waals surface area contributed by atoms with E-state index in [1.807, 2.05) is 47.0 Å². The van der Waals surface area contributed by atoms with Crippen molar-refractivity contribution >= 4 is 47.0 Å². The van der Waals surface area contributed by atoms with Gasteiger partial charge in [0.1, 0.15) is 0 Å². The quantitative estimate of drug-likeness (QED) is 0.516. The standard InChI is InChI=1S/C18H22N2S4/c1-3-5-7-19-9-13-14(10-19)22-17(21-13)18-23-15-11-20(8-6-4-2)12-16(15)24-18/h9-12H,3-8H2,1-2H3. The molecule has 0 N–H and O–H groups in total. The molecular formula is C18H22N2S4. The number of hydrogen-bond donors (Lipinski definition) is 0. The zero-order chi connectivity index (χ0) is 16.5. The van der Waals surface area contributed by atoms with Crippen LogP contribution in [0, 0.1) is 0 Å². The Labute approximate surface area is 161 Å². The third-order valence-corrected chi connectivity index (χ3v) is 9.65. The summed E-state index contributed by atoms with van der Waals surface area (Å²) >= 11 is 7.81. The fraction of sp³-hybridized carbons (Fsp3) is 0.444. The van der Waals surface area contributed by atoms with Crippen LogP contribution < -0.4 is 0 Å². The first kappa shape index (κ1) is 17.1. The minimum atomic E-state index is 1.15. The number of nitrogens with zero attached hydrogens (tertiary/aromatic N) is 2. The van der Waals surface area contributed by atoms with Crippen LogP contribution in [0.15, 0.2) is 52.8 Å². The van der Waals surface area contributed by atoms with Gasteiger partial charge in [-0.25, -0.2) is 0 Å². The normalized spacial score (nSPS) is 16.1. The minimum Gasteiger partial charge on any atom is -0.352 e. The molecule has 0 fully saturated rings. The molecule has 128 valence electrons. The molecule has 2 aromatic rings. The van der Waals surface area contributed by atoms with Crippen LogP contribution in [0.25, 0.3) is 0 Å². The zero-order valence-electron chi connectivity index (χ0n) is 14.1. The Morgan fingerprint density at radius 3 is 1.25 bits per heavy atom. The summed E-state index contributed by atoms with van der Waals surface area (Å²) in [4.78, 5) is 5.74. The molecule has 0 radical (unpaired) electrons. The average Bonchev–Trinajstić information content (AvgIpc) is 3.28. The summed E-state index contributed by atoms with van der Waals surface area (Å²) in [6.45, 7) is 6.80. The minimum absolute atomic E-state index is 1.15. The van der Waals surface area contributed by atoms with E-state index in [2.05, 4.69) is 47.8 Å². The number of aryl methyl sites for hydroxylation is 2. The van der Waals surface area contributed by atoms with Crippen LogP contribution in [0.5, 0.6) is 0 Å². The maximum atomic E-state index is 2.36. The van der Waals surface area contributed by atoms with Crippen molar-refractivity contribution in [2.24, 2.45) is 0 Å². The number of fused-ring (bicyclic) bond motifs is 2. The Bertz CT molecular complexity index is 657. The topological polar surface area (TPSA) is 9.86 Å². The molecule has 0 saturated carbocycles. The molecule has 2 aliphatic rings. The van der Waals surface area contributed by atoms with Gasteiger partial charge in [-0.1, -0.05) is 73.7 Å². The largest absolute Gasteiger partial charge is 0.352 e. The maximum Gasteiger partial charge on any atom is 0.0707 e. The van der Waals surface area contributed by atoms with E-state index in [1.54, 1.807) is 0 Å². The highest BCUT2D eigenvalue weighted by atomic mass is 32.2. The first-order valence-corrected chi connectivity index (χ1v) is 11.9. The number of hydrogen-bond acceptors (Lipinski definition) is 4. The van der Waals surface area contributed by atoms with Crippen molar-refractivity contribution in [3.63, 3.8) is 0 Å². The number of unbranched alkanes of at least 4 members (excludes halogenated alkanes) is 2. The first-order valence-electron chi connectivity index (χ1n) is 8.62. The smallest absolute Gasteiger partial charge is 0.0707 e. The molecule has 0 bridgehead atoms. The number of rotatable bonds is 6. The van der Waals surface area contributed by atoms with Crippen LogP contribution in [0.1, 0.15) is 39.5 Å². The van der Waals surface area contributed by atoms with Crippen molar-refractivity contribution in [1.82, 2.24) is 9.13 Å². The van der Waals surface area contributed by atoms with E-state index in [0.29, 0.717) is 0 Å². The van der Waals surface area contributed by atoms with E-state index < -0.39 is 0 Å². The van der Waals surface area contributed by atoms with Gasteiger partial charge in [-0.05, 0) is 12.8 Å². The molecule has 2 aromatic heterocycles. The van der Waals surface area contributed by atoms with E-state index in [0.717, 1.165) is 13.1 Å². The Morgan fingerprint density at radius 2 is 0.958 bits per heavy atom. The molecule has 0 unspecified atom stereocenters. The van der Waals surface area contributed by atoms with E-state index in [4.69, 9.17) is 0 Å². The van der Waals surface area contributed by atoms with E-state index >= 15 is 0 Å². The molecule has 0 aromatic carbocycles. The van der Waals surface area contributed by atoms with Crippen molar-refractivity contribution in [1.29, 1.82) is 0 Å². The molecule has 2 nitrogen and oxygen atoms in total. The third-order valence-electron chi connectivity index (χ3n) is 4.14. The summed E-state index contributed by atoms with van der Waals surface area (Å²) in [5.74, 6) is 0. The second-order valence-corrected chi connectivity index (χ2v) is 10.9. The molecule has 0 saturated heterocycles. The number of thioether (sulfide) groups is 4.